The van der Waals surface area contributed by atoms with Gasteiger partial charge in [-0.1, -0.05) is 25.9 Å². The highest BCUT2D eigenvalue weighted by Gasteiger charge is 2.68. The average molecular weight is 260 g/mol. The van der Waals surface area contributed by atoms with Crippen LogP contribution in [0.4, 0.5) is 13.2 Å². The van der Waals surface area contributed by atoms with Crippen LogP contribution in [0.2, 0.25) is 0 Å². The first-order valence-corrected chi connectivity index (χ1v) is 6.11. The summed E-state index contributed by atoms with van der Waals surface area (Å²) in [5.74, 6) is 0.668. The second-order valence-electron chi connectivity index (χ2n) is 6.13. The highest BCUT2D eigenvalue weighted by Crippen LogP contribution is 2.64. The lowest BCUT2D eigenvalue weighted by Crippen LogP contribution is -2.29. The molecule has 0 radical (unpaired) electrons. The van der Waals surface area contributed by atoms with Crippen LogP contribution in [-0.2, 0) is 5.41 Å². The van der Waals surface area contributed by atoms with Crippen LogP contribution in [0.3, 0.4) is 0 Å². The van der Waals surface area contributed by atoms with Crippen molar-refractivity contribution in [2.75, 3.05) is 0 Å². The minimum atomic E-state index is -4.29. The lowest BCUT2D eigenvalue weighted by molar-refractivity contribution is -0.166. The zero-order chi connectivity index (χ0) is 13.3. The van der Waals surface area contributed by atoms with Crippen molar-refractivity contribution < 1.29 is 17.7 Å². The SMILES string of the molecule is C[C@@H]1[C@@H](c2noc(C3(C(F)(F)F)CC3)n2)C1(C)C. The molecular formula is C12H15F3N2O. The van der Waals surface area contributed by atoms with Crippen LogP contribution in [0.1, 0.15) is 51.2 Å². The molecule has 0 saturated heterocycles. The molecule has 100 valence electrons. The van der Waals surface area contributed by atoms with E-state index in [9.17, 15) is 13.2 Å². The quantitative estimate of drug-likeness (QED) is 0.817. The Hall–Kier alpha value is -1.07. The maximum absolute atomic E-state index is 12.9. The predicted molar refractivity (Wildman–Crippen MR) is 57.0 cm³/mol. The third-order valence-corrected chi connectivity index (χ3v) is 4.79. The molecule has 0 aromatic carbocycles. The summed E-state index contributed by atoms with van der Waals surface area (Å²) < 4.78 is 43.6. The van der Waals surface area contributed by atoms with E-state index in [1.165, 1.54) is 0 Å². The van der Waals surface area contributed by atoms with Crippen molar-refractivity contribution in [3.63, 3.8) is 0 Å². The molecule has 0 unspecified atom stereocenters. The van der Waals surface area contributed by atoms with Gasteiger partial charge in [-0.3, -0.25) is 0 Å². The monoisotopic (exact) mass is 260 g/mol. The first-order chi connectivity index (χ1) is 8.20. The average Bonchev–Trinajstić information content (AvgIpc) is 3.06. The van der Waals surface area contributed by atoms with E-state index in [-0.39, 0.29) is 30.1 Å². The molecule has 2 fully saturated rings. The number of rotatable bonds is 2. The van der Waals surface area contributed by atoms with Gasteiger partial charge in [0.15, 0.2) is 5.82 Å². The van der Waals surface area contributed by atoms with Crippen LogP contribution < -0.4 is 0 Å². The molecule has 1 aromatic rings. The van der Waals surface area contributed by atoms with Gasteiger partial charge < -0.3 is 4.52 Å². The standard InChI is InChI=1S/C12H15F3N2O/c1-6-7(10(6,2)3)8-16-9(18-17-8)11(4-5-11)12(13,14)15/h6-7H,4-5H2,1-3H3/t6-,7+/m1/s1. The molecule has 0 bridgehead atoms. The molecule has 18 heavy (non-hydrogen) atoms. The van der Waals surface area contributed by atoms with Gasteiger partial charge in [-0.05, 0) is 24.2 Å². The molecule has 0 amide bonds. The second-order valence-corrected chi connectivity index (χ2v) is 6.13. The lowest BCUT2D eigenvalue weighted by Gasteiger charge is -2.13. The van der Waals surface area contributed by atoms with Crippen LogP contribution in [0, 0.1) is 11.3 Å². The molecule has 1 aromatic heterocycles. The molecule has 3 rings (SSSR count). The molecule has 3 nitrogen and oxygen atoms in total. The van der Waals surface area contributed by atoms with E-state index < -0.39 is 11.6 Å². The van der Waals surface area contributed by atoms with Gasteiger partial charge in [0, 0.05) is 5.92 Å². The topological polar surface area (TPSA) is 38.9 Å². The van der Waals surface area contributed by atoms with Crippen LogP contribution in [0.5, 0.6) is 0 Å². The molecule has 2 saturated carbocycles. The summed E-state index contributed by atoms with van der Waals surface area (Å²) in [6.45, 7) is 6.18. The van der Waals surface area contributed by atoms with Crippen molar-refractivity contribution in [1.82, 2.24) is 10.1 Å². The van der Waals surface area contributed by atoms with Crippen LogP contribution in [0.15, 0.2) is 4.52 Å². The fraction of sp³-hybridized carbons (Fsp3) is 0.833. The van der Waals surface area contributed by atoms with E-state index in [1.54, 1.807) is 0 Å². The van der Waals surface area contributed by atoms with Gasteiger partial charge in [0.2, 0.25) is 5.89 Å². The summed E-state index contributed by atoms with van der Waals surface area (Å²) in [6, 6.07) is 0. The molecule has 6 heteroatoms. The fourth-order valence-corrected chi connectivity index (χ4v) is 2.75. The maximum atomic E-state index is 12.9. The molecule has 2 aliphatic rings. The minimum Gasteiger partial charge on any atom is -0.338 e. The third-order valence-electron chi connectivity index (χ3n) is 4.79. The summed E-state index contributed by atoms with van der Waals surface area (Å²) >= 11 is 0. The summed E-state index contributed by atoms with van der Waals surface area (Å²) in [7, 11) is 0. The Morgan fingerprint density at radius 3 is 2.22 bits per heavy atom. The molecular weight excluding hydrogens is 245 g/mol. The Balaban J connectivity index is 1.88. The number of hydrogen-bond acceptors (Lipinski definition) is 3. The van der Waals surface area contributed by atoms with Gasteiger partial charge in [0.25, 0.3) is 0 Å². The molecule has 0 spiro atoms. The molecule has 0 aliphatic heterocycles. The van der Waals surface area contributed by atoms with E-state index in [4.69, 9.17) is 4.52 Å². The Kier molecular flexibility index (Phi) is 2.05. The fourth-order valence-electron chi connectivity index (χ4n) is 2.75. The summed E-state index contributed by atoms with van der Waals surface area (Å²) in [5.41, 5.74) is -1.81. The maximum Gasteiger partial charge on any atom is 0.403 e. The van der Waals surface area contributed by atoms with Gasteiger partial charge in [-0.2, -0.15) is 18.2 Å². The largest absolute Gasteiger partial charge is 0.403 e. The van der Waals surface area contributed by atoms with E-state index in [2.05, 4.69) is 30.9 Å². The Labute approximate surface area is 103 Å². The molecule has 0 N–H and O–H groups in total. The third kappa shape index (κ3) is 1.37. The van der Waals surface area contributed by atoms with Crippen LogP contribution in [0.25, 0.3) is 0 Å². The number of hydrogen-bond donors (Lipinski definition) is 0. The minimum absolute atomic E-state index is 0.0517. The van der Waals surface area contributed by atoms with Crippen molar-refractivity contribution in [2.24, 2.45) is 11.3 Å². The van der Waals surface area contributed by atoms with Crippen molar-refractivity contribution in [1.29, 1.82) is 0 Å². The first-order valence-electron chi connectivity index (χ1n) is 6.11. The molecule has 2 aliphatic carbocycles. The first kappa shape index (κ1) is 12.0. The molecule has 2 atom stereocenters. The second kappa shape index (κ2) is 3.08. The van der Waals surface area contributed by atoms with Gasteiger partial charge >= 0.3 is 6.18 Å². The van der Waals surface area contributed by atoms with Gasteiger partial charge in [-0.25, -0.2) is 0 Å². The zero-order valence-corrected chi connectivity index (χ0v) is 10.5. The van der Waals surface area contributed by atoms with E-state index in [0.717, 1.165) is 0 Å². The van der Waals surface area contributed by atoms with Gasteiger partial charge in [-0.15, -0.1) is 0 Å². The molecule has 1 heterocycles. The van der Waals surface area contributed by atoms with Gasteiger partial charge in [0.1, 0.15) is 5.41 Å². The Bertz CT molecular complexity index is 488. The number of aromatic nitrogens is 2. The highest BCUT2D eigenvalue weighted by atomic mass is 19.4. The number of nitrogens with zero attached hydrogens (tertiary/aromatic N) is 2. The van der Waals surface area contributed by atoms with E-state index in [1.807, 2.05) is 0 Å². The summed E-state index contributed by atoms with van der Waals surface area (Å²) in [4.78, 5) is 4.02. The van der Waals surface area contributed by atoms with Crippen molar-refractivity contribution >= 4 is 0 Å². The van der Waals surface area contributed by atoms with E-state index in [0.29, 0.717) is 11.7 Å². The van der Waals surface area contributed by atoms with Gasteiger partial charge in [0.05, 0.1) is 0 Å². The Morgan fingerprint density at radius 1 is 1.28 bits per heavy atom. The summed E-state index contributed by atoms with van der Waals surface area (Å²) in [5, 5.41) is 3.76. The lowest BCUT2D eigenvalue weighted by atomic mass is 10.1. The van der Waals surface area contributed by atoms with Crippen molar-refractivity contribution in [3.05, 3.63) is 11.7 Å². The van der Waals surface area contributed by atoms with E-state index >= 15 is 0 Å². The Morgan fingerprint density at radius 2 is 1.83 bits per heavy atom. The number of halogens is 3. The normalized spacial score (nSPS) is 32.3. The van der Waals surface area contributed by atoms with Crippen LogP contribution >= 0.6 is 0 Å². The number of alkyl halides is 3. The summed E-state index contributed by atoms with van der Waals surface area (Å²) in [6.07, 6.45) is -4.18. The highest BCUT2D eigenvalue weighted by molar-refractivity contribution is 5.24. The van der Waals surface area contributed by atoms with Crippen molar-refractivity contribution in [3.8, 4) is 0 Å². The van der Waals surface area contributed by atoms with Crippen molar-refractivity contribution in [2.45, 2.75) is 51.1 Å². The smallest absolute Gasteiger partial charge is 0.338 e. The predicted octanol–water partition coefficient (Wildman–Crippen LogP) is 3.42. The zero-order valence-electron chi connectivity index (χ0n) is 10.5. The van der Waals surface area contributed by atoms with Crippen LogP contribution in [-0.4, -0.2) is 16.3 Å².